The quantitative estimate of drug-likeness (QED) is 0.800. The summed E-state index contributed by atoms with van der Waals surface area (Å²) < 4.78 is 16.5. The summed E-state index contributed by atoms with van der Waals surface area (Å²) in [5.41, 5.74) is 1.06. The number of ether oxygens (including phenoxy) is 3. The van der Waals surface area contributed by atoms with Crippen molar-refractivity contribution >= 4 is 18.3 Å². The number of carbonyl (C=O) groups excluding carboxylic acids is 1. The second-order valence-electron chi connectivity index (χ2n) is 6.64. The lowest BCUT2D eigenvalue weighted by atomic mass is 9.74. The molecule has 25 heavy (non-hydrogen) atoms. The zero-order valence-corrected chi connectivity index (χ0v) is 15.6. The minimum Gasteiger partial charge on any atom is -0.454 e. The molecule has 0 aromatic heterocycles. The van der Waals surface area contributed by atoms with Crippen molar-refractivity contribution in [3.63, 3.8) is 0 Å². The third-order valence-electron chi connectivity index (χ3n) is 4.99. The smallest absolute Gasteiger partial charge is 0.231 e. The van der Waals surface area contributed by atoms with Crippen molar-refractivity contribution in [2.45, 2.75) is 25.2 Å². The number of benzene rings is 1. The van der Waals surface area contributed by atoms with Gasteiger partial charge < -0.3 is 24.8 Å². The molecule has 0 bridgehead atoms. The molecule has 0 radical (unpaired) electrons. The second-order valence-corrected chi connectivity index (χ2v) is 6.64. The largest absolute Gasteiger partial charge is 0.454 e. The molecule has 1 amide bonds. The summed E-state index contributed by atoms with van der Waals surface area (Å²) in [6.07, 6.45) is 1.76. The van der Waals surface area contributed by atoms with E-state index in [0.29, 0.717) is 26.3 Å². The predicted octanol–water partition coefficient (Wildman–Crippen LogP) is 1.86. The third-order valence-corrected chi connectivity index (χ3v) is 4.99. The van der Waals surface area contributed by atoms with E-state index in [0.717, 1.165) is 24.3 Å². The molecule has 3 rings (SSSR count). The fourth-order valence-corrected chi connectivity index (χ4v) is 3.39. The molecule has 2 N–H and O–H groups in total. The Morgan fingerprint density at radius 2 is 1.96 bits per heavy atom. The number of amides is 1. The van der Waals surface area contributed by atoms with Gasteiger partial charge in [-0.1, -0.05) is 13.0 Å². The Hall–Kier alpha value is -1.50. The summed E-state index contributed by atoms with van der Waals surface area (Å²) in [4.78, 5) is 12.3. The molecule has 1 aromatic carbocycles. The molecule has 0 aliphatic carbocycles. The van der Waals surface area contributed by atoms with Gasteiger partial charge in [0.15, 0.2) is 11.5 Å². The molecular weight excluding hydrogens is 344 g/mol. The lowest BCUT2D eigenvalue weighted by Gasteiger charge is -2.38. The molecule has 0 saturated carbocycles. The lowest BCUT2D eigenvalue weighted by molar-refractivity contribution is -0.124. The number of hydrogen-bond acceptors (Lipinski definition) is 5. The Bertz CT molecular complexity index is 590. The minimum absolute atomic E-state index is 0. The van der Waals surface area contributed by atoms with Gasteiger partial charge in [-0.25, -0.2) is 0 Å². The first-order chi connectivity index (χ1) is 11.6. The summed E-state index contributed by atoms with van der Waals surface area (Å²) in [5, 5.41) is 6.18. The van der Waals surface area contributed by atoms with Crippen LogP contribution in [0.1, 0.15) is 25.3 Å². The summed E-state index contributed by atoms with van der Waals surface area (Å²) in [7, 11) is 1.86. The molecule has 2 heterocycles. The highest BCUT2D eigenvalue weighted by Gasteiger charge is 2.36. The van der Waals surface area contributed by atoms with Crippen molar-refractivity contribution in [2.24, 2.45) is 5.92 Å². The standard InChI is InChI=1S/C18H26N2O4.ClH/c1-13(10-19-2)17(21)20-11-18(5-7-22-8-6-18)14-3-4-15-16(9-14)24-12-23-15;/h3-4,9,13,19H,5-8,10-12H2,1-2H3,(H,20,21);1H. The van der Waals surface area contributed by atoms with Crippen LogP contribution in [-0.4, -0.2) is 46.1 Å². The van der Waals surface area contributed by atoms with E-state index in [4.69, 9.17) is 14.2 Å². The van der Waals surface area contributed by atoms with Crippen molar-refractivity contribution in [3.05, 3.63) is 23.8 Å². The van der Waals surface area contributed by atoms with Crippen molar-refractivity contribution in [3.8, 4) is 11.5 Å². The number of fused-ring (bicyclic) bond motifs is 1. The normalized spacial score (nSPS) is 19.0. The highest BCUT2D eigenvalue weighted by Crippen LogP contribution is 2.40. The second kappa shape index (κ2) is 8.74. The van der Waals surface area contributed by atoms with Crippen LogP contribution in [0.3, 0.4) is 0 Å². The highest BCUT2D eigenvalue weighted by molar-refractivity contribution is 5.85. The van der Waals surface area contributed by atoms with Crippen LogP contribution in [0.5, 0.6) is 11.5 Å². The topological polar surface area (TPSA) is 68.8 Å². The average Bonchev–Trinajstić information content (AvgIpc) is 3.08. The maximum Gasteiger partial charge on any atom is 0.231 e. The van der Waals surface area contributed by atoms with E-state index < -0.39 is 0 Å². The van der Waals surface area contributed by atoms with Crippen molar-refractivity contribution < 1.29 is 19.0 Å². The molecule has 1 unspecified atom stereocenters. The molecule has 2 aliphatic heterocycles. The number of carbonyl (C=O) groups is 1. The van der Waals surface area contributed by atoms with E-state index in [1.165, 1.54) is 5.56 Å². The molecule has 1 saturated heterocycles. The highest BCUT2D eigenvalue weighted by atomic mass is 35.5. The Kier molecular flexibility index (Phi) is 6.93. The summed E-state index contributed by atoms with van der Waals surface area (Å²) in [5.74, 6) is 1.60. The Balaban J connectivity index is 0.00000225. The average molecular weight is 371 g/mol. The first-order valence-electron chi connectivity index (χ1n) is 8.55. The van der Waals surface area contributed by atoms with E-state index in [9.17, 15) is 4.79 Å². The molecule has 1 aromatic rings. The van der Waals surface area contributed by atoms with Crippen LogP contribution in [0.15, 0.2) is 18.2 Å². The first kappa shape index (κ1) is 19.8. The van der Waals surface area contributed by atoms with Gasteiger partial charge >= 0.3 is 0 Å². The fourth-order valence-electron chi connectivity index (χ4n) is 3.39. The summed E-state index contributed by atoms with van der Waals surface area (Å²) in [6, 6.07) is 6.10. The van der Waals surface area contributed by atoms with E-state index in [1.54, 1.807) is 0 Å². The van der Waals surface area contributed by atoms with E-state index in [1.807, 2.05) is 20.0 Å². The van der Waals surface area contributed by atoms with Gasteiger partial charge in [-0.05, 0) is 37.6 Å². The maximum absolute atomic E-state index is 12.3. The monoisotopic (exact) mass is 370 g/mol. The lowest BCUT2D eigenvalue weighted by Crippen LogP contribution is -2.46. The van der Waals surface area contributed by atoms with Gasteiger partial charge in [0, 0.05) is 37.6 Å². The summed E-state index contributed by atoms with van der Waals surface area (Å²) >= 11 is 0. The molecule has 2 aliphatic rings. The van der Waals surface area contributed by atoms with Crippen molar-refractivity contribution in [1.29, 1.82) is 0 Å². The van der Waals surface area contributed by atoms with Crippen LogP contribution < -0.4 is 20.1 Å². The van der Waals surface area contributed by atoms with Gasteiger partial charge in [0.1, 0.15) is 0 Å². The number of rotatable bonds is 6. The first-order valence-corrected chi connectivity index (χ1v) is 8.55. The van der Waals surface area contributed by atoms with E-state index in [2.05, 4.69) is 22.8 Å². The number of nitrogens with one attached hydrogen (secondary N) is 2. The summed E-state index contributed by atoms with van der Waals surface area (Å²) in [6.45, 7) is 4.90. The van der Waals surface area contributed by atoms with E-state index >= 15 is 0 Å². The fraction of sp³-hybridized carbons (Fsp3) is 0.611. The molecule has 1 fully saturated rings. The van der Waals surface area contributed by atoms with Crippen LogP contribution in [0.25, 0.3) is 0 Å². The van der Waals surface area contributed by atoms with Crippen LogP contribution in [0, 0.1) is 5.92 Å². The van der Waals surface area contributed by atoms with Crippen LogP contribution >= 0.6 is 12.4 Å². The van der Waals surface area contributed by atoms with Gasteiger partial charge in [0.25, 0.3) is 0 Å². The van der Waals surface area contributed by atoms with E-state index in [-0.39, 0.29) is 36.4 Å². The van der Waals surface area contributed by atoms with Crippen LogP contribution in [0.2, 0.25) is 0 Å². The SMILES string of the molecule is CNCC(C)C(=O)NCC1(c2ccc3c(c2)OCO3)CCOCC1.Cl. The molecular formula is C18H27ClN2O4. The van der Waals surface area contributed by atoms with Crippen molar-refractivity contribution in [2.75, 3.05) is 40.1 Å². The van der Waals surface area contributed by atoms with Crippen LogP contribution in [0.4, 0.5) is 0 Å². The molecule has 0 spiro atoms. The zero-order chi connectivity index (χ0) is 17.0. The number of hydrogen-bond donors (Lipinski definition) is 2. The Labute approximate surface area is 155 Å². The van der Waals surface area contributed by atoms with Gasteiger partial charge in [-0.2, -0.15) is 0 Å². The van der Waals surface area contributed by atoms with Gasteiger partial charge in [-0.3, -0.25) is 4.79 Å². The Morgan fingerprint density at radius 3 is 2.68 bits per heavy atom. The molecule has 1 atom stereocenters. The van der Waals surface area contributed by atoms with Gasteiger partial charge in [-0.15, -0.1) is 12.4 Å². The predicted molar refractivity (Wildman–Crippen MR) is 97.6 cm³/mol. The number of halogens is 1. The molecule has 6 nitrogen and oxygen atoms in total. The molecule has 7 heteroatoms. The third kappa shape index (κ3) is 4.37. The van der Waals surface area contributed by atoms with Crippen LogP contribution in [-0.2, 0) is 14.9 Å². The van der Waals surface area contributed by atoms with Gasteiger partial charge in [0.2, 0.25) is 12.7 Å². The van der Waals surface area contributed by atoms with Gasteiger partial charge in [0.05, 0.1) is 0 Å². The van der Waals surface area contributed by atoms with Crippen molar-refractivity contribution in [1.82, 2.24) is 10.6 Å². The Morgan fingerprint density at radius 1 is 1.24 bits per heavy atom. The maximum atomic E-state index is 12.3. The zero-order valence-electron chi connectivity index (χ0n) is 14.8. The molecule has 140 valence electrons. The minimum atomic E-state index is -0.117.